The average Bonchev–Trinajstić information content (AvgIpc) is 2.03. The highest BCUT2D eigenvalue weighted by Gasteiger charge is 2.08. The summed E-state index contributed by atoms with van der Waals surface area (Å²) < 4.78 is 0.904. The predicted octanol–water partition coefficient (Wildman–Crippen LogP) is 2.09. The van der Waals surface area contributed by atoms with Crippen molar-refractivity contribution in [1.82, 2.24) is 0 Å². The second kappa shape index (κ2) is 4.23. The van der Waals surface area contributed by atoms with Gasteiger partial charge >= 0.3 is 0 Å². The second-order valence-electron chi connectivity index (χ2n) is 2.45. The summed E-state index contributed by atoms with van der Waals surface area (Å²) in [7, 11) is 0. The zero-order valence-corrected chi connectivity index (χ0v) is 8.64. The molecule has 0 heterocycles. The minimum absolute atomic E-state index is 0.0959. The Labute approximate surface area is 84.5 Å². The van der Waals surface area contributed by atoms with Crippen LogP contribution in [0.4, 0.5) is 0 Å². The Bertz CT molecular complexity index is 280. The Balaban J connectivity index is 3.01. The van der Waals surface area contributed by atoms with Crippen molar-refractivity contribution in [2.24, 2.45) is 5.73 Å². The molecule has 0 aromatic heterocycles. The van der Waals surface area contributed by atoms with Gasteiger partial charge in [-0.15, -0.1) is 0 Å². The molecule has 0 unspecified atom stereocenters. The van der Waals surface area contributed by atoms with E-state index < -0.39 is 6.04 Å². The number of nitrogens with two attached hydrogens (primary N) is 1. The number of hydrogen-bond donors (Lipinski definition) is 2. The van der Waals surface area contributed by atoms with Crippen molar-refractivity contribution in [2.75, 3.05) is 6.61 Å². The first-order valence-corrected chi connectivity index (χ1v) is 4.63. The van der Waals surface area contributed by atoms with Crippen molar-refractivity contribution in [1.29, 1.82) is 0 Å². The van der Waals surface area contributed by atoms with Gasteiger partial charge in [0.2, 0.25) is 0 Å². The van der Waals surface area contributed by atoms with Crippen LogP contribution < -0.4 is 5.73 Å². The maximum Gasteiger partial charge on any atom is 0.0624 e. The van der Waals surface area contributed by atoms with Crippen LogP contribution >= 0.6 is 27.5 Å². The quantitative estimate of drug-likeness (QED) is 0.844. The minimum atomic E-state index is -0.398. The van der Waals surface area contributed by atoms with E-state index in [4.69, 9.17) is 22.4 Å². The molecular weight excluding hydrogens is 241 g/mol. The normalized spacial score (nSPS) is 13.0. The molecule has 0 aliphatic heterocycles. The Morgan fingerprint density at radius 1 is 1.58 bits per heavy atom. The largest absolute Gasteiger partial charge is 0.394 e. The number of benzene rings is 1. The minimum Gasteiger partial charge on any atom is -0.394 e. The van der Waals surface area contributed by atoms with Crippen molar-refractivity contribution in [3.8, 4) is 0 Å². The van der Waals surface area contributed by atoms with Crippen molar-refractivity contribution in [3.05, 3.63) is 33.3 Å². The summed E-state index contributed by atoms with van der Waals surface area (Å²) in [6.07, 6.45) is 0. The van der Waals surface area contributed by atoms with E-state index >= 15 is 0 Å². The average molecular weight is 251 g/mol. The molecule has 0 saturated carbocycles. The maximum absolute atomic E-state index is 8.79. The van der Waals surface area contributed by atoms with Gasteiger partial charge in [-0.1, -0.05) is 33.6 Å². The molecule has 0 fully saturated rings. The predicted molar refractivity (Wildman–Crippen MR) is 53.2 cm³/mol. The molecule has 1 aromatic carbocycles. The van der Waals surface area contributed by atoms with Crippen molar-refractivity contribution < 1.29 is 5.11 Å². The third-order valence-electron chi connectivity index (χ3n) is 1.56. The molecular formula is C8H9BrClNO. The van der Waals surface area contributed by atoms with Crippen LogP contribution in [0.25, 0.3) is 0 Å². The van der Waals surface area contributed by atoms with E-state index in [-0.39, 0.29) is 6.61 Å². The first-order valence-electron chi connectivity index (χ1n) is 3.46. The van der Waals surface area contributed by atoms with Gasteiger partial charge < -0.3 is 10.8 Å². The molecule has 0 radical (unpaired) electrons. The molecule has 0 spiro atoms. The zero-order chi connectivity index (χ0) is 9.14. The van der Waals surface area contributed by atoms with Gasteiger partial charge in [0.15, 0.2) is 0 Å². The highest BCUT2D eigenvalue weighted by atomic mass is 79.9. The topological polar surface area (TPSA) is 46.2 Å². The molecule has 0 saturated heterocycles. The third kappa shape index (κ3) is 2.20. The number of halogens is 2. The summed E-state index contributed by atoms with van der Waals surface area (Å²) in [5.41, 5.74) is 6.36. The van der Waals surface area contributed by atoms with E-state index in [1.54, 1.807) is 12.1 Å². The highest BCUT2D eigenvalue weighted by molar-refractivity contribution is 9.10. The van der Waals surface area contributed by atoms with Crippen LogP contribution in [0.15, 0.2) is 22.7 Å². The summed E-state index contributed by atoms with van der Waals surface area (Å²) in [6, 6.07) is 5.00. The Kier molecular flexibility index (Phi) is 3.53. The van der Waals surface area contributed by atoms with Gasteiger partial charge in [-0.2, -0.15) is 0 Å². The van der Waals surface area contributed by atoms with Crippen LogP contribution in [0, 0.1) is 0 Å². The van der Waals surface area contributed by atoms with E-state index in [1.807, 2.05) is 6.07 Å². The lowest BCUT2D eigenvalue weighted by Crippen LogP contribution is -2.14. The Morgan fingerprint density at radius 3 is 2.75 bits per heavy atom. The molecule has 3 N–H and O–H groups in total. The summed E-state index contributed by atoms with van der Waals surface area (Å²) >= 11 is 9.16. The number of aliphatic hydroxyl groups is 1. The maximum atomic E-state index is 8.79. The lowest BCUT2D eigenvalue weighted by molar-refractivity contribution is 0.268. The lowest BCUT2D eigenvalue weighted by Gasteiger charge is -2.10. The van der Waals surface area contributed by atoms with Crippen molar-refractivity contribution in [2.45, 2.75) is 6.04 Å². The number of hydrogen-bond acceptors (Lipinski definition) is 2. The summed E-state index contributed by atoms with van der Waals surface area (Å²) in [4.78, 5) is 0. The van der Waals surface area contributed by atoms with Crippen LogP contribution in [0.5, 0.6) is 0 Å². The SMILES string of the molecule is N[C@@H](CO)c1ccc(Br)cc1Cl. The van der Waals surface area contributed by atoms with E-state index in [0.29, 0.717) is 5.02 Å². The van der Waals surface area contributed by atoms with Crippen molar-refractivity contribution in [3.63, 3.8) is 0 Å². The Hall–Kier alpha value is -0.0900. The van der Waals surface area contributed by atoms with Gasteiger partial charge in [-0.3, -0.25) is 0 Å². The van der Waals surface area contributed by atoms with Gasteiger partial charge in [-0.05, 0) is 17.7 Å². The molecule has 0 aliphatic rings. The summed E-state index contributed by atoms with van der Waals surface area (Å²) in [5, 5.41) is 9.36. The van der Waals surface area contributed by atoms with E-state index in [1.165, 1.54) is 0 Å². The molecule has 2 nitrogen and oxygen atoms in total. The van der Waals surface area contributed by atoms with Crippen LogP contribution in [-0.4, -0.2) is 11.7 Å². The number of aliphatic hydroxyl groups excluding tert-OH is 1. The molecule has 1 aromatic rings. The van der Waals surface area contributed by atoms with Gasteiger partial charge in [-0.25, -0.2) is 0 Å². The van der Waals surface area contributed by atoms with E-state index in [0.717, 1.165) is 10.0 Å². The molecule has 0 bridgehead atoms. The van der Waals surface area contributed by atoms with Crippen LogP contribution in [0.2, 0.25) is 5.02 Å². The monoisotopic (exact) mass is 249 g/mol. The van der Waals surface area contributed by atoms with E-state index in [9.17, 15) is 0 Å². The summed E-state index contributed by atoms with van der Waals surface area (Å²) in [6.45, 7) is -0.0959. The molecule has 1 rings (SSSR count). The standard InChI is InChI=1S/C8H9BrClNO/c9-5-1-2-6(7(10)3-5)8(11)4-12/h1-3,8,12H,4,11H2/t8-/m0/s1. The molecule has 66 valence electrons. The fraction of sp³-hybridized carbons (Fsp3) is 0.250. The lowest BCUT2D eigenvalue weighted by atomic mass is 10.1. The van der Waals surface area contributed by atoms with Gasteiger partial charge in [0, 0.05) is 9.50 Å². The zero-order valence-electron chi connectivity index (χ0n) is 6.30. The molecule has 4 heteroatoms. The molecule has 0 amide bonds. The molecule has 1 atom stereocenters. The number of rotatable bonds is 2. The second-order valence-corrected chi connectivity index (χ2v) is 3.78. The van der Waals surface area contributed by atoms with Crippen LogP contribution in [-0.2, 0) is 0 Å². The Morgan fingerprint density at radius 2 is 2.25 bits per heavy atom. The van der Waals surface area contributed by atoms with Crippen LogP contribution in [0.3, 0.4) is 0 Å². The molecule has 12 heavy (non-hydrogen) atoms. The smallest absolute Gasteiger partial charge is 0.0624 e. The molecule has 0 aliphatic carbocycles. The highest BCUT2D eigenvalue weighted by Crippen LogP contribution is 2.24. The summed E-state index contributed by atoms with van der Waals surface area (Å²) in [5.74, 6) is 0. The van der Waals surface area contributed by atoms with Gasteiger partial charge in [0.1, 0.15) is 0 Å². The van der Waals surface area contributed by atoms with Crippen LogP contribution in [0.1, 0.15) is 11.6 Å². The van der Waals surface area contributed by atoms with Gasteiger partial charge in [0.25, 0.3) is 0 Å². The van der Waals surface area contributed by atoms with E-state index in [2.05, 4.69) is 15.9 Å². The first kappa shape index (κ1) is 9.99. The fourth-order valence-electron chi connectivity index (χ4n) is 0.901. The van der Waals surface area contributed by atoms with Crippen molar-refractivity contribution >= 4 is 27.5 Å². The van der Waals surface area contributed by atoms with Gasteiger partial charge in [0.05, 0.1) is 12.6 Å². The first-order chi connectivity index (χ1) is 5.65. The third-order valence-corrected chi connectivity index (χ3v) is 2.38. The fourth-order valence-corrected chi connectivity index (χ4v) is 1.71.